The Bertz CT molecular complexity index is 501. The summed E-state index contributed by atoms with van der Waals surface area (Å²) in [7, 11) is 0. The molecule has 0 aromatic carbocycles. The molecule has 2 N–H and O–H groups in total. The highest BCUT2D eigenvalue weighted by Gasteiger charge is 2.38. The average Bonchev–Trinajstić information content (AvgIpc) is 2.25. The highest BCUT2D eigenvalue weighted by molar-refractivity contribution is 9.10. The van der Waals surface area contributed by atoms with E-state index < -0.39 is 29.4 Å². The number of carbonyl (C=O) groups excluding carboxylic acids is 1. The first-order valence-electron chi connectivity index (χ1n) is 5.50. The van der Waals surface area contributed by atoms with E-state index >= 15 is 0 Å². The van der Waals surface area contributed by atoms with Gasteiger partial charge < -0.3 is 10.4 Å². The fraction of sp³-hybridized carbons (Fsp3) is 0.455. The minimum absolute atomic E-state index is 0.00967. The molecule has 0 bridgehead atoms. The average molecular weight is 339 g/mol. The van der Waals surface area contributed by atoms with Crippen LogP contribution in [-0.4, -0.2) is 28.1 Å². The third-order valence-corrected chi connectivity index (χ3v) is 3.26. The fourth-order valence-corrected chi connectivity index (χ4v) is 2.11. The molecule has 1 saturated carbocycles. The van der Waals surface area contributed by atoms with Crippen molar-refractivity contribution < 1.29 is 23.1 Å². The Morgan fingerprint density at radius 1 is 1.42 bits per heavy atom. The zero-order chi connectivity index (χ0) is 14.2. The number of nitrogens with one attached hydrogen (secondary N) is 1. The van der Waals surface area contributed by atoms with Gasteiger partial charge in [0.15, 0.2) is 5.69 Å². The van der Waals surface area contributed by atoms with E-state index in [1.165, 1.54) is 6.07 Å². The van der Waals surface area contributed by atoms with Gasteiger partial charge in [-0.1, -0.05) is 0 Å². The van der Waals surface area contributed by atoms with Crippen LogP contribution in [0.15, 0.2) is 16.7 Å². The molecule has 1 heterocycles. The van der Waals surface area contributed by atoms with E-state index in [-0.39, 0.29) is 10.6 Å². The van der Waals surface area contributed by atoms with Gasteiger partial charge in [0.05, 0.1) is 11.7 Å². The van der Waals surface area contributed by atoms with Crippen molar-refractivity contribution in [3.63, 3.8) is 0 Å². The first-order valence-corrected chi connectivity index (χ1v) is 6.29. The van der Waals surface area contributed by atoms with Gasteiger partial charge in [0.25, 0.3) is 5.91 Å². The summed E-state index contributed by atoms with van der Waals surface area (Å²) in [4.78, 5) is 15.1. The summed E-state index contributed by atoms with van der Waals surface area (Å²) < 4.78 is 38.4. The van der Waals surface area contributed by atoms with Crippen molar-refractivity contribution in [3.8, 4) is 0 Å². The SMILES string of the molecule is O=C(NC1CC(O)C1)c1ccc(Br)nc1C(F)(F)F. The van der Waals surface area contributed by atoms with Crippen LogP contribution in [-0.2, 0) is 6.18 Å². The predicted octanol–water partition coefficient (Wildman–Crippen LogP) is 2.12. The second-order valence-electron chi connectivity index (χ2n) is 4.32. The van der Waals surface area contributed by atoms with Crippen molar-refractivity contribution in [2.45, 2.75) is 31.2 Å². The lowest BCUT2D eigenvalue weighted by molar-refractivity contribution is -0.141. The summed E-state index contributed by atoms with van der Waals surface area (Å²) in [5.41, 5.74) is -1.74. The third-order valence-electron chi connectivity index (χ3n) is 2.82. The molecule has 1 aromatic rings. The molecule has 1 aliphatic rings. The quantitative estimate of drug-likeness (QED) is 0.812. The van der Waals surface area contributed by atoms with Gasteiger partial charge >= 0.3 is 6.18 Å². The number of carbonyl (C=O) groups is 1. The molecule has 0 atom stereocenters. The number of rotatable bonds is 2. The van der Waals surface area contributed by atoms with E-state index in [9.17, 15) is 18.0 Å². The van der Waals surface area contributed by atoms with Crippen molar-refractivity contribution in [2.75, 3.05) is 0 Å². The Kier molecular flexibility index (Phi) is 3.82. The zero-order valence-electron chi connectivity index (χ0n) is 9.54. The Morgan fingerprint density at radius 2 is 2.05 bits per heavy atom. The van der Waals surface area contributed by atoms with Gasteiger partial charge in [-0.05, 0) is 40.9 Å². The van der Waals surface area contributed by atoms with E-state index in [0.29, 0.717) is 12.8 Å². The van der Waals surface area contributed by atoms with Crippen LogP contribution in [0.2, 0.25) is 0 Å². The van der Waals surface area contributed by atoms with Gasteiger partial charge in [-0.2, -0.15) is 13.2 Å². The first kappa shape index (κ1) is 14.3. The number of aliphatic hydroxyl groups is 1. The molecule has 1 aromatic heterocycles. The number of aromatic nitrogens is 1. The largest absolute Gasteiger partial charge is 0.434 e. The standard InChI is InChI=1S/C11H10BrF3N2O2/c12-8-2-1-7(9(17-8)11(13,14)15)10(19)16-5-3-6(18)4-5/h1-2,5-6,18H,3-4H2,(H,16,19). The van der Waals surface area contributed by atoms with Crippen LogP contribution < -0.4 is 5.32 Å². The van der Waals surface area contributed by atoms with Crippen LogP contribution in [0.3, 0.4) is 0 Å². The molecule has 0 radical (unpaired) electrons. The van der Waals surface area contributed by atoms with Crippen LogP contribution in [0.1, 0.15) is 28.9 Å². The maximum Gasteiger partial charge on any atom is 0.434 e. The molecule has 0 spiro atoms. The number of hydrogen-bond donors (Lipinski definition) is 2. The molecule has 0 saturated heterocycles. The first-order chi connectivity index (χ1) is 8.77. The molecule has 0 unspecified atom stereocenters. The van der Waals surface area contributed by atoms with Gasteiger partial charge in [0.2, 0.25) is 0 Å². The molecule has 8 heteroatoms. The summed E-state index contributed by atoms with van der Waals surface area (Å²) in [5, 5.41) is 11.5. The molecular formula is C11H10BrF3N2O2. The molecule has 1 amide bonds. The van der Waals surface area contributed by atoms with E-state index in [0.717, 1.165) is 6.07 Å². The maximum absolute atomic E-state index is 12.8. The molecule has 2 rings (SSSR count). The molecule has 1 aliphatic carbocycles. The lowest BCUT2D eigenvalue weighted by Gasteiger charge is -2.32. The molecule has 4 nitrogen and oxygen atoms in total. The normalized spacial score (nSPS) is 22.8. The molecular weight excluding hydrogens is 329 g/mol. The Morgan fingerprint density at radius 3 is 2.58 bits per heavy atom. The summed E-state index contributed by atoms with van der Waals surface area (Å²) in [5.74, 6) is -0.829. The van der Waals surface area contributed by atoms with E-state index in [1.54, 1.807) is 0 Å². The highest BCUT2D eigenvalue weighted by Crippen LogP contribution is 2.31. The predicted molar refractivity (Wildman–Crippen MR) is 63.4 cm³/mol. The minimum atomic E-state index is -4.70. The monoisotopic (exact) mass is 338 g/mol. The van der Waals surface area contributed by atoms with Crippen molar-refractivity contribution >= 4 is 21.8 Å². The van der Waals surface area contributed by atoms with Crippen LogP contribution in [0, 0.1) is 0 Å². The highest BCUT2D eigenvalue weighted by atomic mass is 79.9. The zero-order valence-corrected chi connectivity index (χ0v) is 11.1. The minimum Gasteiger partial charge on any atom is -0.393 e. The van der Waals surface area contributed by atoms with Crippen LogP contribution in [0.4, 0.5) is 13.2 Å². The third kappa shape index (κ3) is 3.24. The summed E-state index contributed by atoms with van der Waals surface area (Å²) in [6, 6.07) is 2.07. The second kappa shape index (κ2) is 5.09. The summed E-state index contributed by atoms with van der Waals surface area (Å²) in [6.07, 6.45) is -4.47. The lowest BCUT2D eigenvalue weighted by atomic mass is 9.89. The Balaban J connectivity index is 2.21. The van der Waals surface area contributed by atoms with Gasteiger partial charge in [-0.3, -0.25) is 4.79 Å². The van der Waals surface area contributed by atoms with Crippen LogP contribution >= 0.6 is 15.9 Å². The van der Waals surface area contributed by atoms with Crippen molar-refractivity contribution in [1.29, 1.82) is 0 Å². The van der Waals surface area contributed by atoms with E-state index in [2.05, 4.69) is 26.2 Å². The number of halogens is 4. The molecule has 0 aliphatic heterocycles. The number of aliphatic hydroxyl groups excluding tert-OH is 1. The van der Waals surface area contributed by atoms with Gasteiger partial charge in [0.1, 0.15) is 4.60 Å². The second-order valence-corrected chi connectivity index (χ2v) is 5.14. The molecule has 19 heavy (non-hydrogen) atoms. The van der Waals surface area contributed by atoms with Gasteiger partial charge in [-0.15, -0.1) is 0 Å². The van der Waals surface area contributed by atoms with Gasteiger partial charge in [0, 0.05) is 6.04 Å². The number of pyridine rings is 1. The smallest absolute Gasteiger partial charge is 0.393 e. The van der Waals surface area contributed by atoms with E-state index in [4.69, 9.17) is 5.11 Å². The number of amides is 1. The van der Waals surface area contributed by atoms with Crippen molar-refractivity contribution in [3.05, 3.63) is 28.0 Å². The summed E-state index contributed by atoms with van der Waals surface area (Å²) >= 11 is 2.85. The van der Waals surface area contributed by atoms with Crippen molar-refractivity contribution in [1.82, 2.24) is 10.3 Å². The number of alkyl halides is 3. The maximum atomic E-state index is 12.8. The topological polar surface area (TPSA) is 62.2 Å². The fourth-order valence-electron chi connectivity index (χ4n) is 1.80. The Labute approximate surface area is 115 Å². The Hall–Kier alpha value is -1.15. The summed E-state index contributed by atoms with van der Waals surface area (Å²) in [6.45, 7) is 0. The lowest BCUT2D eigenvalue weighted by Crippen LogP contribution is -2.47. The van der Waals surface area contributed by atoms with Gasteiger partial charge in [-0.25, -0.2) is 4.98 Å². The van der Waals surface area contributed by atoms with Crippen LogP contribution in [0.5, 0.6) is 0 Å². The van der Waals surface area contributed by atoms with E-state index in [1.807, 2.05) is 0 Å². The number of hydrogen-bond acceptors (Lipinski definition) is 3. The van der Waals surface area contributed by atoms with Crippen LogP contribution in [0.25, 0.3) is 0 Å². The number of nitrogens with zero attached hydrogens (tertiary/aromatic N) is 1. The molecule has 1 fully saturated rings. The van der Waals surface area contributed by atoms with Crippen molar-refractivity contribution in [2.24, 2.45) is 0 Å². The molecule has 104 valence electrons.